The van der Waals surface area contributed by atoms with Gasteiger partial charge < -0.3 is 14.6 Å². The molecule has 0 radical (unpaired) electrons. The summed E-state index contributed by atoms with van der Waals surface area (Å²) in [7, 11) is 0. The molecule has 0 spiro atoms. The first-order valence-electron chi connectivity index (χ1n) is 13.4. The molecule has 0 aromatic heterocycles. The maximum atomic E-state index is 12.5. The summed E-state index contributed by atoms with van der Waals surface area (Å²) in [6.45, 7) is 0.0170. The third kappa shape index (κ3) is 9.32. The zero-order valence-corrected chi connectivity index (χ0v) is 24.8. The molecule has 2 amide bonds. The minimum absolute atomic E-state index is 0.0170. The highest BCUT2D eigenvalue weighted by Gasteiger charge is 2.20. The van der Waals surface area contributed by atoms with E-state index in [9.17, 15) is 44.5 Å². The van der Waals surface area contributed by atoms with Crippen LogP contribution in [-0.4, -0.2) is 57.3 Å². The number of ether oxygens (including phenoxy) is 2. The van der Waals surface area contributed by atoms with Gasteiger partial charge in [-0.15, -0.1) is 0 Å². The summed E-state index contributed by atoms with van der Waals surface area (Å²) >= 11 is 1.45. The lowest BCUT2D eigenvalue weighted by Crippen LogP contribution is -2.45. The van der Waals surface area contributed by atoms with E-state index < -0.39 is 39.9 Å². The number of alkyl carbamates (subject to hydrolysis) is 2. The van der Waals surface area contributed by atoms with E-state index >= 15 is 0 Å². The van der Waals surface area contributed by atoms with Crippen molar-refractivity contribution >= 4 is 64.0 Å². The van der Waals surface area contributed by atoms with Crippen LogP contribution < -0.4 is 10.6 Å². The number of amides is 2. The molecule has 0 aliphatic rings. The number of aliphatic imine (C=N–C) groups is 1. The van der Waals surface area contributed by atoms with E-state index in [2.05, 4.69) is 25.1 Å². The molecule has 4 aromatic carbocycles. The lowest BCUT2D eigenvalue weighted by molar-refractivity contribution is -0.385. The molecule has 16 nitrogen and oxygen atoms in total. The molecule has 0 bridgehead atoms. The molecule has 4 aromatic rings. The van der Waals surface area contributed by atoms with Gasteiger partial charge in [0, 0.05) is 41.2 Å². The van der Waals surface area contributed by atoms with Crippen LogP contribution in [0.4, 0.5) is 21.0 Å². The Morgan fingerprint density at radius 1 is 0.723 bits per heavy atom. The molecular weight excluding hydrogens is 638 g/mol. The van der Waals surface area contributed by atoms with Gasteiger partial charge in [0.15, 0.2) is 0 Å². The van der Waals surface area contributed by atoms with Crippen molar-refractivity contribution in [1.29, 1.82) is 0 Å². The van der Waals surface area contributed by atoms with Crippen molar-refractivity contribution < 1.29 is 43.6 Å². The van der Waals surface area contributed by atoms with Crippen LogP contribution in [-0.2, 0) is 15.2 Å². The van der Waals surface area contributed by atoms with E-state index in [1.54, 1.807) is 18.2 Å². The summed E-state index contributed by atoms with van der Waals surface area (Å²) in [5.41, 5.74) is 0.0168. The van der Waals surface area contributed by atoms with Gasteiger partial charge in [0.05, 0.1) is 27.5 Å². The number of benzene rings is 4. The summed E-state index contributed by atoms with van der Waals surface area (Å²) < 4.78 is 9.37. The number of nitro benzene ring substituents is 2. The van der Waals surface area contributed by atoms with Crippen LogP contribution >= 0.6 is 11.8 Å². The van der Waals surface area contributed by atoms with Crippen molar-refractivity contribution in [3.05, 3.63) is 122 Å². The van der Waals surface area contributed by atoms with Gasteiger partial charge in [-0.05, 0) is 41.3 Å². The lowest BCUT2D eigenvalue weighted by Gasteiger charge is -2.11. The van der Waals surface area contributed by atoms with Crippen LogP contribution in [0.2, 0.25) is 0 Å². The van der Waals surface area contributed by atoms with Gasteiger partial charge in [-0.1, -0.05) is 30.3 Å². The third-order valence-electron chi connectivity index (χ3n) is 6.19. The fraction of sp³-hybridized carbons (Fsp3) is 0.100. The van der Waals surface area contributed by atoms with Gasteiger partial charge in [0.2, 0.25) is 5.96 Å². The normalized spacial score (nSPS) is 10.4. The average molecular weight is 662 g/mol. The standard InChI is InChI=1S/C30H23N5O11S/c36-25-6-2-4-23-20(3-1-5-24(23)25)17-47-16-15-31-28(32-29(39)45-26(37)18-7-11-21(12-8-18)34(41)42)33-30(40)46-27(38)19-9-13-22(14-10-19)35(43)44/h1-14,36H,15-17H2,(H2,31,32,33,39,40). The highest BCUT2D eigenvalue weighted by molar-refractivity contribution is 7.98. The number of aromatic hydroxyl groups is 1. The van der Waals surface area contributed by atoms with Crippen LogP contribution in [0.1, 0.15) is 26.3 Å². The van der Waals surface area contributed by atoms with E-state index in [0.29, 0.717) is 16.9 Å². The molecule has 0 saturated heterocycles. The topological polar surface area (TPSA) is 230 Å². The number of phenolic OH excluding ortho intramolecular Hbond substituents is 1. The van der Waals surface area contributed by atoms with E-state index in [1.807, 2.05) is 18.2 Å². The van der Waals surface area contributed by atoms with Crippen LogP contribution in [0.5, 0.6) is 5.75 Å². The molecule has 47 heavy (non-hydrogen) atoms. The van der Waals surface area contributed by atoms with Gasteiger partial charge in [0.1, 0.15) is 5.75 Å². The number of esters is 2. The average Bonchev–Trinajstić information content (AvgIpc) is 3.04. The first-order valence-corrected chi connectivity index (χ1v) is 14.5. The summed E-state index contributed by atoms with van der Waals surface area (Å²) in [5.74, 6) is -1.81. The van der Waals surface area contributed by atoms with Crippen molar-refractivity contribution in [2.75, 3.05) is 12.3 Å². The summed E-state index contributed by atoms with van der Waals surface area (Å²) in [4.78, 5) is 74.0. The van der Waals surface area contributed by atoms with Gasteiger partial charge in [0.25, 0.3) is 11.4 Å². The Morgan fingerprint density at radius 3 is 1.72 bits per heavy atom. The number of fused-ring (bicyclic) bond motifs is 1. The monoisotopic (exact) mass is 661 g/mol. The number of thioether (sulfide) groups is 1. The number of nitrogens with zero attached hydrogens (tertiary/aromatic N) is 3. The molecule has 0 fully saturated rings. The number of rotatable bonds is 9. The number of nitro groups is 2. The minimum Gasteiger partial charge on any atom is -0.507 e. The predicted octanol–water partition coefficient (Wildman–Crippen LogP) is 5.08. The molecule has 3 N–H and O–H groups in total. The Bertz CT molecular complexity index is 1790. The Balaban J connectivity index is 1.40. The first kappa shape index (κ1) is 33.5. The first-order chi connectivity index (χ1) is 22.5. The SMILES string of the molecule is O=C(NC(=NCCSCc1cccc2c(O)cccc12)NC(=O)OC(=O)c1ccc([N+](=O)[O-])cc1)OC(=O)c1ccc([N+](=O)[O-])cc1. The van der Waals surface area contributed by atoms with E-state index in [4.69, 9.17) is 0 Å². The quantitative estimate of drug-likeness (QED) is 0.0405. The second-order valence-electron chi connectivity index (χ2n) is 9.28. The molecule has 0 aliphatic carbocycles. The molecule has 0 saturated carbocycles. The van der Waals surface area contributed by atoms with E-state index in [-0.39, 0.29) is 34.8 Å². The number of non-ortho nitro benzene ring substituents is 2. The van der Waals surface area contributed by atoms with Crippen molar-refractivity contribution in [3.8, 4) is 5.75 Å². The van der Waals surface area contributed by atoms with Crippen LogP contribution in [0.25, 0.3) is 10.8 Å². The summed E-state index contributed by atoms with van der Waals surface area (Å²) in [6, 6.07) is 19.2. The second-order valence-corrected chi connectivity index (χ2v) is 10.4. The van der Waals surface area contributed by atoms with Crippen molar-refractivity contribution in [2.45, 2.75) is 5.75 Å². The molecule has 17 heteroatoms. The minimum atomic E-state index is -1.38. The van der Waals surface area contributed by atoms with Crippen molar-refractivity contribution in [2.24, 2.45) is 4.99 Å². The van der Waals surface area contributed by atoms with Crippen LogP contribution in [0.3, 0.4) is 0 Å². The molecule has 0 unspecified atom stereocenters. The smallest absolute Gasteiger partial charge is 0.421 e. The largest absolute Gasteiger partial charge is 0.507 e. The fourth-order valence-corrected chi connectivity index (χ4v) is 4.80. The molecule has 240 valence electrons. The number of hydrogen-bond donors (Lipinski definition) is 3. The third-order valence-corrected chi connectivity index (χ3v) is 7.18. The number of phenols is 1. The molecular formula is C30H23N5O11S. The van der Waals surface area contributed by atoms with Crippen molar-refractivity contribution in [1.82, 2.24) is 10.6 Å². The predicted molar refractivity (Wildman–Crippen MR) is 168 cm³/mol. The summed E-state index contributed by atoms with van der Waals surface area (Å²) in [6.07, 6.45) is -2.75. The van der Waals surface area contributed by atoms with E-state index in [1.165, 1.54) is 11.8 Å². The zero-order valence-electron chi connectivity index (χ0n) is 24.0. The summed E-state index contributed by atoms with van der Waals surface area (Å²) in [5, 5.41) is 37.5. The Hall–Kier alpha value is -6.36. The Morgan fingerprint density at radius 2 is 1.21 bits per heavy atom. The second kappa shape index (κ2) is 15.6. The van der Waals surface area contributed by atoms with Crippen LogP contribution in [0.15, 0.2) is 89.9 Å². The van der Waals surface area contributed by atoms with Gasteiger partial charge in [-0.25, -0.2) is 19.2 Å². The fourth-order valence-electron chi connectivity index (χ4n) is 3.97. The van der Waals surface area contributed by atoms with Gasteiger partial charge in [-0.3, -0.25) is 35.9 Å². The molecule has 4 rings (SSSR count). The number of carbonyl (C=O) groups excluding carboxylic acids is 4. The maximum absolute atomic E-state index is 12.5. The van der Waals surface area contributed by atoms with Gasteiger partial charge in [-0.2, -0.15) is 11.8 Å². The van der Waals surface area contributed by atoms with Gasteiger partial charge >= 0.3 is 24.1 Å². The molecule has 0 aliphatic heterocycles. The van der Waals surface area contributed by atoms with E-state index in [0.717, 1.165) is 59.5 Å². The molecule has 0 heterocycles. The Kier molecular flexibility index (Phi) is 11.1. The Labute approximate surface area is 268 Å². The number of guanidine groups is 1. The number of carbonyl (C=O) groups is 4. The van der Waals surface area contributed by atoms with Crippen molar-refractivity contribution in [3.63, 3.8) is 0 Å². The highest BCUT2D eigenvalue weighted by Crippen LogP contribution is 2.28. The highest BCUT2D eigenvalue weighted by atomic mass is 32.2. The zero-order chi connectivity index (χ0) is 33.9. The number of nitrogens with one attached hydrogen (secondary N) is 2. The van der Waals surface area contributed by atoms with Crippen LogP contribution in [0, 0.1) is 20.2 Å². The maximum Gasteiger partial charge on any atom is 0.421 e. The molecule has 0 atom stereocenters. The lowest BCUT2D eigenvalue weighted by atomic mass is 10.1. The number of hydrogen-bond acceptors (Lipinski definition) is 13.